The Morgan fingerprint density at radius 2 is 1.71 bits per heavy atom. The fraction of sp³-hybridized carbons (Fsp3) is 0.263. The molecule has 0 fully saturated rings. The van der Waals surface area contributed by atoms with Gasteiger partial charge in [-0.25, -0.2) is 0 Å². The van der Waals surface area contributed by atoms with Gasteiger partial charge in [-0.1, -0.05) is 48.5 Å². The lowest BCUT2D eigenvalue weighted by Gasteiger charge is -2.11. The monoisotopic (exact) mass is 295 g/mol. The first-order chi connectivity index (χ1) is 10.3. The molecule has 0 aliphatic carbocycles. The van der Waals surface area contributed by atoms with Crippen LogP contribution in [-0.4, -0.2) is 6.04 Å². The van der Waals surface area contributed by atoms with Crippen molar-refractivity contribution in [3.63, 3.8) is 0 Å². The quantitative estimate of drug-likeness (QED) is 0.695. The lowest BCUT2D eigenvalue weighted by molar-refractivity contribution is 0.582. The minimum absolute atomic E-state index is 0.256. The Morgan fingerprint density at radius 3 is 2.57 bits per heavy atom. The Labute approximate surface area is 130 Å². The third kappa shape index (κ3) is 3.72. The van der Waals surface area contributed by atoms with E-state index >= 15 is 0 Å². The summed E-state index contributed by atoms with van der Waals surface area (Å²) in [5, 5.41) is 3.64. The molecule has 2 aromatic carbocycles. The molecule has 1 atom stereocenters. The molecule has 0 aliphatic heterocycles. The Hall–Kier alpha value is -1.64. The van der Waals surface area contributed by atoms with Crippen LogP contribution in [-0.2, 0) is 12.8 Å². The zero-order valence-corrected chi connectivity index (χ0v) is 13.0. The standard InChI is InChI=1S/C19H21NS/c20-17(10-6-9-15-7-2-1-3-8-15)13-16-14-21-19-12-5-4-11-18(16)19/h1-5,7-8,11-12,14,17H,6,9-10,13,20H2. The number of nitrogens with two attached hydrogens (primary N) is 1. The second-order valence-electron chi connectivity index (χ2n) is 5.60. The maximum absolute atomic E-state index is 6.32. The highest BCUT2D eigenvalue weighted by molar-refractivity contribution is 7.17. The molecule has 1 heterocycles. The number of thiophene rings is 1. The number of hydrogen-bond acceptors (Lipinski definition) is 2. The highest BCUT2D eigenvalue weighted by Crippen LogP contribution is 2.26. The minimum atomic E-state index is 0.256. The van der Waals surface area contributed by atoms with Crippen molar-refractivity contribution < 1.29 is 0 Å². The van der Waals surface area contributed by atoms with Crippen molar-refractivity contribution in [2.45, 2.75) is 31.7 Å². The van der Waals surface area contributed by atoms with Gasteiger partial charge in [0.1, 0.15) is 0 Å². The van der Waals surface area contributed by atoms with Crippen molar-refractivity contribution in [3.8, 4) is 0 Å². The van der Waals surface area contributed by atoms with Gasteiger partial charge < -0.3 is 5.73 Å². The smallest absolute Gasteiger partial charge is 0.0345 e. The normalized spacial score (nSPS) is 12.6. The highest BCUT2D eigenvalue weighted by atomic mass is 32.1. The summed E-state index contributed by atoms with van der Waals surface area (Å²) in [5.74, 6) is 0. The van der Waals surface area contributed by atoms with E-state index in [4.69, 9.17) is 5.73 Å². The van der Waals surface area contributed by atoms with E-state index in [1.54, 1.807) is 0 Å². The van der Waals surface area contributed by atoms with Gasteiger partial charge in [0.05, 0.1) is 0 Å². The van der Waals surface area contributed by atoms with E-state index in [0.717, 1.165) is 25.7 Å². The SMILES string of the molecule is NC(CCCc1ccccc1)Cc1csc2ccccc12. The molecule has 21 heavy (non-hydrogen) atoms. The number of hydrogen-bond donors (Lipinski definition) is 1. The van der Waals surface area contributed by atoms with Gasteiger partial charge >= 0.3 is 0 Å². The molecule has 0 saturated carbocycles. The zero-order chi connectivity index (χ0) is 14.5. The summed E-state index contributed by atoms with van der Waals surface area (Å²) in [6.45, 7) is 0. The molecule has 1 nitrogen and oxygen atoms in total. The Bertz CT molecular complexity index is 687. The van der Waals surface area contributed by atoms with Gasteiger partial charge in [-0.05, 0) is 53.6 Å². The topological polar surface area (TPSA) is 26.0 Å². The van der Waals surface area contributed by atoms with E-state index < -0.39 is 0 Å². The van der Waals surface area contributed by atoms with Crippen LogP contribution in [0, 0.1) is 0 Å². The van der Waals surface area contributed by atoms with Gasteiger partial charge in [-0.2, -0.15) is 0 Å². The number of aryl methyl sites for hydroxylation is 1. The maximum atomic E-state index is 6.32. The van der Waals surface area contributed by atoms with Crippen molar-refractivity contribution in [2.75, 3.05) is 0 Å². The van der Waals surface area contributed by atoms with E-state index in [0.29, 0.717) is 0 Å². The molecule has 1 unspecified atom stereocenters. The Kier molecular flexibility index (Phi) is 4.69. The van der Waals surface area contributed by atoms with Crippen LogP contribution >= 0.6 is 11.3 Å². The van der Waals surface area contributed by atoms with E-state index in [9.17, 15) is 0 Å². The number of rotatable bonds is 6. The lowest BCUT2D eigenvalue weighted by atomic mass is 9.99. The van der Waals surface area contributed by atoms with Crippen LogP contribution in [0.15, 0.2) is 60.0 Å². The van der Waals surface area contributed by atoms with Crippen LogP contribution in [0.4, 0.5) is 0 Å². The number of benzene rings is 2. The van der Waals surface area contributed by atoms with Crippen molar-refractivity contribution >= 4 is 21.4 Å². The summed E-state index contributed by atoms with van der Waals surface area (Å²) in [7, 11) is 0. The van der Waals surface area contributed by atoms with E-state index in [1.165, 1.54) is 21.2 Å². The third-order valence-corrected chi connectivity index (χ3v) is 4.94. The van der Waals surface area contributed by atoms with Crippen LogP contribution < -0.4 is 5.73 Å². The summed E-state index contributed by atoms with van der Waals surface area (Å²) in [4.78, 5) is 0. The molecule has 0 amide bonds. The molecule has 3 aromatic rings. The molecule has 3 rings (SSSR count). The third-order valence-electron chi connectivity index (χ3n) is 3.93. The molecule has 0 bridgehead atoms. The summed E-state index contributed by atoms with van der Waals surface area (Å²) >= 11 is 1.82. The molecular formula is C19H21NS. The second-order valence-corrected chi connectivity index (χ2v) is 6.51. The first-order valence-corrected chi connectivity index (χ1v) is 8.45. The van der Waals surface area contributed by atoms with E-state index in [2.05, 4.69) is 60.0 Å². The summed E-state index contributed by atoms with van der Waals surface area (Å²) < 4.78 is 1.36. The fourth-order valence-electron chi connectivity index (χ4n) is 2.79. The van der Waals surface area contributed by atoms with E-state index in [1.807, 2.05) is 11.3 Å². The molecule has 0 saturated heterocycles. The molecule has 108 valence electrons. The van der Waals surface area contributed by atoms with Crippen LogP contribution in [0.3, 0.4) is 0 Å². The van der Waals surface area contributed by atoms with Gasteiger partial charge in [0.25, 0.3) is 0 Å². The molecule has 0 aliphatic rings. The molecular weight excluding hydrogens is 274 g/mol. The molecule has 0 radical (unpaired) electrons. The fourth-order valence-corrected chi connectivity index (χ4v) is 3.76. The predicted molar refractivity (Wildman–Crippen MR) is 92.9 cm³/mol. The second kappa shape index (κ2) is 6.88. The first-order valence-electron chi connectivity index (χ1n) is 7.57. The summed E-state index contributed by atoms with van der Waals surface area (Å²) in [5.41, 5.74) is 9.14. The summed E-state index contributed by atoms with van der Waals surface area (Å²) in [6, 6.07) is 19.5. The van der Waals surface area contributed by atoms with Gasteiger partial charge in [0.15, 0.2) is 0 Å². The molecule has 2 heteroatoms. The molecule has 0 spiro atoms. The van der Waals surface area contributed by atoms with Gasteiger partial charge in [0, 0.05) is 10.7 Å². The zero-order valence-electron chi connectivity index (χ0n) is 12.2. The Morgan fingerprint density at radius 1 is 0.952 bits per heavy atom. The van der Waals surface area contributed by atoms with Crippen molar-refractivity contribution in [3.05, 3.63) is 71.1 Å². The van der Waals surface area contributed by atoms with Crippen molar-refractivity contribution in [1.29, 1.82) is 0 Å². The maximum Gasteiger partial charge on any atom is 0.0345 e. The van der Waals surface area contributed by atoms with Gasteiger partial charge in [0.2, 0.25) is 0 Å². The number of fused-ring (bicyclic) bond motifs is 1. The lowest BCUT2D eigenvalue weighted by Crippen LogP contribution is -2.22. The van der Waals surface area contributed by atoms with Crippen LogP contribution in [0.5, 0.6) is 0 Å². The Balaban J connectivity index is 1.53. The van der Waals surface area contributed by atoms with Crippen LogP contribution in [0.1, 0.15) is 24.0 Å². The summed E-state index contributed by atoms with van der Waals surface area (Å²) in [6.07, 6.45) is 4.35. The van der Waals surface area contributed by atoms with Crippen LogP contribution in [0.2, 0.25) is 0 Å². The molecule has 2 N–H and O–H groups in total. The van der Waals surface area contributed by atoms with Gasteiger partial charge in [-0.3, -0.25) is 0 Å². The van der Waals surface area contributed by atoms with Crippen molar-refractivity contribution in [2.24, 2.45) is 5.73 Å². The van der Waals surface area contributed by atoms with Crippen LogP contribution in [0.25, 0.3) is 10.1 Å². The first kappa shape index (κ1) is 14.3. The van der Waals surface area contributed by atoms with Crippen molar-refractivity contribution in [1.82, 2.24) is 0 Å². The highest BCUT2D eigenvalue weighted by Gasteiger charge is 2.08. The minimum Gasteiger partial charge on any atom is -0.327 e. The average molecular weight is 295 g/mol. The van der Waals surface area contributed by atoms with Gasteiger partial charge in [-0.15, -0.1) is 11.3 Å². The largest absolute Gasteiger partial charge is 0.327 e. The average Bonchev–Trinajstić information content (AvgIpc) is 2.92. The van der Waals surface area contributed by atoms with E-state index in [-0.39, 0.29) is 6.04 Å². The predicted octanol–water partition coefficient (Wildman–Crippen LogP) is 4.79. The molecule has 1 aromatic heterocycles.